The van der Waals surface area contributed by atoms with Crippen molar-refractivity contribution in [1.82, 2.24) is 4.98 Å². The van der Waals surface area contributed by atoms with Gasteiger partial charge in [0.25, 0.3) is 0 Å². The molecule has 1 N–H and O–H groups in total. The summed E-state index contributed by atoms with van der Waals surface area (Å²) in [6.45, 7) is 0. The van der Waals surface area contributed by atoms with E-state index in [1.807, 2.05) is 0 Å². The molecule has 0 fully saturated rings. The summed E-state index contributed by atoms with van der Waals surface area (Å²) in [5.74, 6) is -1.48. The van der Waals surface area contributed by atoms with Gasteiger partial charge in [-0.15, -0.1) is 0 Å². The predicted molar refractivity (Wildman–Crippen MR) is 76.7 cm³/mol. The summed E-state index contributed by atoms with van der Waals surface area (Å²) in [6.07, 6.45) is -4.22. The maximum atomic E-state index is 12.8. The normalized spacial score (nSPS) is 11.5. The van der Waals surface area contributed by atoms with E-state index >= 15 is 0 Å². The van der Waals surface area contributed by atoms with E-state index in [0.717, 1.165) is 0 Å². The van der Waals surface area contributed by atoms with E-state index in [4.69, 9.17) is 39.9 Å². The Labute approximate surface area is 137 Å². The SMILES string of the molecule is O=C(O)c1ncc(C(F)(F)F)cc1-c1cc(Cl)c(Cl)c(Cl)c1. The molecule has 0 saturated carbocycles. The zero-order valence-electron chi connectivity index (χ0n) is 10.4. The maximum Gasteiger partial charge on any atom is 0.417 e. The predicted octanol–water partition coefficient (Wildman–Crippen LogP) is 5.43. The van der Waals surface area contributed by atoms with Gasteiger partial charge in [-0.2, -0.15) is 13.2 Å². The molecule has 22 heavy (non-hydrogen) atoms. The molecular weight excluding hydrogens is 366 g/mol. The van der Waals surface area contributed by atoms with Crippen molar-refractivity contribution in [3.63, 3.8) is 0 Å². The van der Waals surface area contributed by atoms with Crippen LogP contribution in [0, 0.1) is 0 Å². The highest BCUT2D eigenvalue weighted by atomic mass is 35.5. The molecule has 1 aromatic heterocycles. The van der Waals surface area contributed by atoms with Gasteiger partial charge in [0, 0.05) is 11.8 Å². The minimum atomic E-state index is -4.67. The van der Waals surface area contributed by atoms with Crippen molar-refractivity contribution in [2.45, 2.75) is 6.18 Å². The fraction of sp³-hybridized carbons (Fsp3) is 0.0769. The fourth-order valence-electron chi connectivity index (χ4n) is 1.72. The summed E-state index contributed by atoms with van der Waals surface area (Å²) >= 11 is 17.4. The second-order valence-electron chi connectivity index (χ2n) is 4.18. The van der Waals surface area contributed by atoms with Crippen molar-refractivity contribution in [2.75, 3.05) is 0 Å². The first kappa shape index (κ1) is 16.9. The lowest BCUT2D eigenvalue weighted by Crippen LogP contribution is -2.10. The van der Waals surface area contributed by atoms with Crippen LogP contribution in [0.4, 0.5) is 13.2 Å². The molecule has 3 nitrogen and oxygen atoms in total. The number of hydrogen-bond donors (Lipinski definition) is 1. The minimum absolute atomic E-state index is 0.0158. The van der Waals surface area contributed by atoms with Crippen molar-refractivity contribution in [1.29, 1.82) is 0 Å². The van der Waals surface area contributed by atoms with E-state index in [1.54, 1.807) is 0 Å². The molecule has 2 aromatic rings. The molecule has 116 valence electrons. The lowest BCUT2D eigenvalue weighted by atomic mass is 10.0. The first-order valence-corrected chi connectivity index (χ1v) is 6.70. The number of carboxylic acid groups (broad SMARTS) is 1. The molecule has 0 radical (unpaired) electrons. The molecule has 0 atom stereocenters. The zero-order chi connectivity index (χ0) is 16.7. The number of alkyl halides is 3. The van der Waals surface area contributed by atoms with E-state index in [-0.39, 0.29) is 26.2 Å². The molecule has 0 bridgehead atoms. The Balaban J connectivity index is 2.74. The topological polar surface area (TPSA) is 50.2 Å². The van der Waals surface area contributed by atoms with Crippen molar-refractivity contribution in [2.24, 2.45) is 0 Å². The standard InChI is InChI=1S/C13H5Cl3F3NO2/c14-8-1-5(2-9(15)10(8)16)7-3-6(13(17,18)19)4-20-11(7)12(21)22/h1-4H,(H,21,22). The smallest absolute Gasteiger partial charge is 0.417 e. The summed E-state index contributed by atoms with van der Waals surface area (Å²) < 4.78 is 38.3. The lowest BCUT2D eigenvalue weighted by molar-refractivity contribution is -0.137. The van der Waals surface area contributed by atoms with Crippen LogP contribution < -0.4 is 0 Å². The molecule has 0 aliphatic carbocycles. The summed E-state index contributed by atoms with van der Waals surface area (Å²) in [5.41, 5.74) is -1.84. The summed E-state index contributed by atoms with van der Waals surface area (Å²) in [6, 6.07) is 3.12. The van der Waals surface area contributed by atoms with Gasteiger partial charge in [0.05, 0.1) is 20.6 Å². The van der Waals surface area contributed by atoms with Crippen molar-refractivity contribution >= 4 is 40.8 Å². The van der Waals surface area contributed by atoms with Gasteiger partial charge in [-0.1, -0.05) is 34.8 Å². The third kappa shape index (κ3) is 3.29. The number of carbonyl (C=O) groups is 1. The molecule has 2 rings (SSSR count). The van der Waals surface area contributed by atoms with Crippen LogP contribution >= 0.6 is 34.8 Å². The Kier molecular flexibility index (Phi) is 4.56. The van der Waals surface area contributed by atoms with Crippen LogP contribution in [-0.2, 0) is 6.18 Å². The lowest BCUT2D eigenvalue weighted by Gasteiger charge is -2.12. The number of rotatable bonds is 2. The summed E-state index contributed by atoms with van der Waals surface area (Å²) in [7, 11) is 0. The quantitative estimate of drug-likeness (QED) is 0.718. The van der Waals surface area contributed by atoms with Crippen molar-refractivity contribution < 1.29 is 23.1 Å². The first-order chi connectivity index (χ1) is 10.1. The fourth-order valence-corrected chi connectivity index (χ4v) is 2.32. The number of nitrogens with zero attached hydrogens (tertiary/aromatic N) is 1. The second kappa shape index (κ2) is 5.95. The number of hydrogen-bond acceptors (Lipinski definition) is 2. The third-order valence-electron chi connectivity index (χ3n) is 2.71. The van der Waals surface area contributed by atoms with Crippen molar-refractivity contribution in [3.8, 4) is 11.1 Å². The van der Waals surface area contributed by atoms with Crippen LogP contribution in [0.25, 0.3) is 11.1 Å². The molecule has 0 spiro atoms. The Morgan fingerprint density at radius 2 is 1.64 bits per heavy atom. The number of aromatic carboxylic acids is 1. The largest absolute Gasteiger partial charge is 0.476 e. The Morgan fingerprint density at radius 1 is 1.09 bits per heavy atom. The number of halogens is 6. The van der Waals surface area contributed by atoms with Gasteiger partial charge in [0.2, 0.25) is 0 Å². The van der Waals surface area contributed by atoms with Gasteiger partial charge < -0.3 is 5.11 Å². The van der Waals surface area contributed by atoms with Gasteiger partial charge in [0.15, 0.2) is 5.69 Å². The average Bonchev–Trinajstić information content (AvgIpc) is 2.42. The molecule has 0 saturated heterocycles. The summed E-state index contributed by atoms with van der Waals surface area (Å²) in [4.78, 5) is 14.5. The Bertz CT molecular complexity index is 740. The summed E-state index contributed by atoms with van der Waals surface area (Å²) in [5, 5.41) is 9.06. The van der Waals surface area contributed by atoms with Gasteiger partial charge in [0.1, 0.15) is 0 Å². The van der Waals surface area contributed by atoms with Gasteiger partial charge in [-0.25, -0.2) is 9.78 Å². The van der Waals surface area contributed by atoms with Crippen molar-refractivity contribution in [3.05, 3.63) is 50.7 Å². The molecule has 1 heterocycles. The monoisotopic (exact) mass is 369 g/mol. The third-order valence-corrected chi connectivity index (χ3v) is 3.91. The molecule has 9 heteroatoms. The molecular formula is C13H5Cl3F3NO2. The van der Waals surface area contributed by atoms with Crippen LogP contribution in [0.5, 0.6) is 0 Å². The van der Waals surface area contributed by atoms with Gasteiger partial charge >= 0.3 is 12.1 Å². The van der Waals surface area contributed by atoms with Crippen LogP contribution in [0.15, 0.2) is 24.4 Å². The Hall–Kier alpha value is -1.50. The average molecular weight is 371 g/mol. The molecule has 0 amide bonds. The van der Waals surface area contributed by atoms with E-state index in [2.05, 4.69) is 4.98 Å². The van der Waals surface area contributed by atoms with E-state index in [9.17, 15) is 18.0 Å². The van der Waals surface area contributed by atoms with E-state index in [0.29, 0.717) is 12.3 Å². The minimum Gasteiger partial charge on any atom is -0.476 e. The highest BCUT2D eigenvalue weighted by Crippen LogP contribution is 2.38. The van der Waals surface area contributed by atoms with Gasteiger partial charge in [-0.3, -0.25) is 0 Å². The number of carboxylic acids is 1. The van der Waals surface area contributed by atoms with Crippen LogP contribution in [0.3, 0.4) is 0 Å². The highest BCUT2D eigenvalue weighted by molar-refractivity contribution is 6.48. The zero-order valence-corrected chi connectivity index (χ0v) is 12.6. The first-order valence-electron chi connectivity index (χ1n) is 5.56. The van der Waals surface area contributed by atoms with E-state index < -0.39 is 23.4 Å². The highest BCUT2D eigenvalue weighted by Gasteiger charge is 2.32. The Morgan fingerprint density at radius 3 is 2.09 bits per heavy atom. The molecule has 0 aliphatic rings. The van der Waals surface area contributed by atoms with Crippen LogP contribution in [0.2, 0.25) is 15.1 Å². The van der Waals surface area contributed by atoms with E-state index in [1.165, 1.54) is 12.1 Å². The number of aromatic nitrogens is 1. The van der Waals surface area contributed by atoms with Crippen LogP contribution in [0.1, 0.15) is 16.1 Å². The molecule has 0 aliphatic heterocycles. The van der Waals surface area contributed by atoms with Gasteiger partial charge in [-0.05, 0) is 23.8 Å². The molecule has 1 aromatic carbocycles. The number of pyridine rings is 1. The van der Waals surface area contributed by atoms with Crippen LogP contribution in [-0.4, -0.2) is 16.1 Å². The second-order valence-corrected chi connectivity index (χ2v) is 5.37. The molecule has 0 unspecified atom stereocenters. The maximum absolute atomic E-state index is 12.8. The number of benzene rings is 1.